The zero-order chi connectivity index (χ0) is 85.8. The van der Waals surface area contributed by atoms with Gasteiger partial charge in [0.05, 0.1) is 93.8 Å². The molecule has 0 unspecified atom stereocenters. The molecule has 30 aromatic rings. The van der Waals surface area contributed by atoms with Gasteiger partial charge in [0.1, 0.15) is 5.52 Å². The van der Waals surface area contributed by atoms with Gasteiger partial charge in [-0.05, 0) is 157 Å². The van der Waals surface area contributed by atoms with E-state index in [1.165, 1.54) is 10.8 Å². The molecule has 0 aliphatic rings. The molecule has 0 amide bonds. The number of aromatic nitrogens is 16. The second-order valence-electron chi connectivity index (χ2n) is 34.5. The van der Waals surface area contributed by atoms with Crippen LogP contribution in [0, 0.1) is 0 Å². The van der Waals surface area contributed by atoms with E-state index in [0.29, 0.717) is 35.4 Å². The summed E-state index contributed by atoms with van der Waals surface area (Å²) in [5, 5.41) is 21.6. The van der Waals surface area contributed by atoms with E-state index in [1.54, 1.807) is 0 Å². The predicted molar refractivity (Wildman–Crippen MR) is 539 cm³/mol. The Morgan fingerprint density at radius 2 is 0.462 bits per heavy atom. The van der Waals surface area contributed by atoms with Crippen LogP contribution in [0.5, 0.6) is 0 Å². The summed E-state index contributed by atoms with van der Waals surface area (Å²) >= 11 is 0. The number of rotatable bonds is 7. The minimum atomic E-state index is 0.445. The third kappa shape index (κ3) is 9.65. The van der Waals surface area contributed by atoms with Crippen LogP contribution in [-0.4, -0.2) is 75.7 Å². The lowest BCUT2D eigenvalue weighted by Gasteiger charge is -2.14. The Bertz CT molecular complexity index is 10200. The molecule has 0 N–H and O–H groups in total. The lowest BCUT2D eigenvalue weighted by Crippen LogP contribution is -2.10. The summed E-state index contributed by atoms with van der Waals surface area (Å²) in [6, 6.07) is 144. The summed E-state index contributed by atoms with van der Waals surface area (Å²) in [5.41, 5.74) is 20.8. The van der Waals surface area contributed by atoms with Crippen molar-refractivity contribution in [1.29, 1.82) is 0 Å². The number of benzene rings is 18. The van der Waals surface area contributed by atoms with Crippen LogP contribution in [0.2, 0.25) is 0 Å². The van der Waals surface area contributed by atoms with E-state index in [0.717, 1.165) is 230 Å². The van der Waals surface area contributed by atoms with E-state index in [9.17, 15) is 0 Å². The first-order valence-electron chi connectivity index (χ1n) is 44.6. The van der Waals surface area contributed by atoms with Crippen molar-refractivity contribution in [3.8, 4) is 57.7 Å². The molecule has 12 heterocycles. The molecule has 610 valence electrons. The van der Waals surface area contributed by atoms with Crippen LogP contribution in [0.1, 0.15) is 0 Å². The van der Waals surface area contributed by atoms with Gasteiger partial charge in [0.15, 0.2) is 11.6 Å². The molecule has 12 aromatic heterocycles. The summed E-state index contributed by atoms with van der Waals surface area (Å²) in [6.07, 6.45) is 0. The lowest BCUT2D eigenvalue weighted by atomic mass is 9.94. The molecule has 0 fully saturated rings. The van der Waals surface area contributed by atoms with Crippen molar-refractivity contribution in [1.82, 2.24) is 75.7 Å². The highest BCUT2D eigenvalue weighted by molar-refractivity contribution is 6.26. The smallest absolute Gasteiger partial charge is 0.240 e. The van der Waals surface area contributed by atoms with E-state index < -0.39 is 0 Å². The zero-order valence-electron chi connectivity index (χ0n) is 70.3. The summed E-state index contributed by atoms with van der Waals surface area (Å²) in [4.78, 5) is 46.3. The normalized spacial score (nSPS) is 12.4. The van der Waals surface area contributed by atoms with Crippen LogP contribution >= 0.6 is 0 Å². The van der Waals surface area contributed by atoms with Crippen molar-refractivity contribution < 1.29 is 0 Å². The molecule has 0 saturated carbocycles. The monoisotopic (exact) mass is 1680 g/mol. The molecule has 0 atom stereocenters. The third-order valence-electron chi connectivity index (χ3n) is 27.8. The van der Waals surface area contributed by atoms with Crippen LogP contribution in [0.25, 0.3) is 276 Å². The molecule has 16 nitrogen and oxygen atoms in total. The summed E-state index contributed by atoms with van der Waals surface area (Å²) in [7, 11) is 0. The molecular formula is C116H66N16. The second-order valence-corrected chi connectivity index (χ2v) is 34.5. The Balaban J connectivity index is 0.684. The lowest BCUT2D eigenvalue weighted by molar-refractivity contribution is 0.892. The maximum atomic E-state index is 5.90. The molecule has 0 saturated heterocycles. The van der Waals surface area contributed by atoms with E-state index in [4.69, 9.17) is 39.9 Å². The Hall–Kier alpha value is -18.3. The van der Waals surface area contributed by atoms with Crippen LogP contribution in [0.4, 0.5) is 0 Å². The number of imidazole rings is 4. The van der Waals surface area contributed by atoms with Gasteiger partial charge in [-0.3, -0.25) is 35.9 Å². The summed E-state index contributed by atoms with van der Waals surface area (Å²) in [6.45, 7) is 0. The Morgan fingerprint density at radius 3 is 0.962 bits per heavy atom. The number of fused-ring (bicyclic) bond motifs is 36. The second kappa shape index (κ2) is 26.7. The quantitative estimate of drug-likeness (QED) is 0.154. The molecule has 0 bridgehead atoms. The maximum Gasteiger partial charge on any atom is 0.240 e. The van der Waals surface area contributed by atoms with E-state index >= 15 is 0 Å². The standard InChI is InChI=1S/C116H66N16/c1-3-32-71-69(30-1)70-31-2-4-33-72(70)84-46-27-62-102-107(84)131(97-57-22-7-36-76(71)97)116-118-105-87(48-29-61-101(105)130(102)116)109-119-111(125-91-51-16-8-37-77(91)78-38-9-17-52-92(78)125)124-114(120-109)128-98-58-23-14-43-86(98)104-68(44-26-60-100(104)128)67-64-65-75-83-45-25-49-88(106(83)132-108-85(73-34-5-6-35-74(73)89(75)66-67)47-28-63-103(108)129-99-59-24-15-50-90(99)117-115(129)132)110-121-112(126-93-53-18-10-39-79(93)80-40-11-19-54-94(80)126)123-113(122-110)127-95-55-20-12-41-81(95)82-42-13-21-56-96(82)127/h1-66H. The van der Waals surface area contributed by atoms with Gasteiger partial charge in [0, 0.05) is 75.8 Å². The average molecular weight is 1680 g/mol. The predicted octanol–water partition coefficient (Wildman–Crippen LogP) is 27.9. The van der Waals surface area contributed by atoms with Gasteiger partial charge in [-0.1, -0.05) is 297 Å². The maximum absolute atomic E-state index is 5.90. The number of hydrogen-bond acceptors (Lipinski definition) is 8. The van der Waals surface area contributed by atoms with Crippen molar-refractivity contribution in [3.05, 3.63) is 400 Å². The fourth-order valence-corrected chi connectivity index (χ4v) is 22.4. The Morgan fingerprint density at radius 1 is 0.159 bits per heavy atom. The minimum Gasteiger partial charge on any atom is -0.278 e. The topological polar surface area (TPSA) is 140 Å². The highest BCUT2D eigenvalue weighted by Gasteiger charge is 2.30. The molecule has 0 spiro atoms. The molecule has 30 rings (SSSR count). The first-order valence-corrected chi connectivity index (χ1v) is 44.6. The van der Waals surface area contributed by atoms with Gasteiger partial charge in [-0.25, -0.2) is 9.97 Å². The van der Waals surface area contributed by atoms with E-state index in [-0.39, 0.29) is 0 Å². The van der Waals surface area contributed by atoms with Crippen LogP contribution in [0.15, 0.2) is 400 Å². The van der Waals surface area contributed by atoms with Crippen molar-refractivity contribution in [2.24, 2.45) is 0 Å². The SMILES string of the molecule is c1ccc2c(c1)nc1n2c2cccc3c4ccccc4c4cc(-c5cccc6c5c5ccccc5n6-c5nc(-c6cccc7c6nc6n7c7cccc8c9ccccc9c9ccccc9c9ccccc9n6c87)nc(-n6c7ccccc7c7ccccc76)n5)ccc4c4cccc(-c5nc(-n6c7ccccc7c7ccccc76)nc(-n6c7ccccc7c7ccccc76)n5)c4n1c32. The largest absolute Gasteiger partial charge is 0.278 e. The minimum absolute atomic E-state index is 0.445. The number of nitrogens with zero attached hydrogens (tertiary/aromatic N) is 16. The van der Waals surface area contributed by atoms with Gasteiger partial charge in [-0.15, -0.1) is 0 Å². The summed E-state index contributed by atoms with van der Waals surface area (Å²) in [5.74, 6) is 4.33. The molecule has 0 aliphatic heterocycles. The Labute approximate surface area is 747 Å². The Kier molecular flexibility index (Phi) is 14.3. The van der Waals surface area contributed by atoms with E-state index in [1.807, 2.05) is 0 Å². The fraction of sp³-hybridized carbons (Fsp3) is 0. The van der Waals surface area contributed by atoms with Crippen molar-refractivity contribution >= 4 is 219 Å². The van der Waals surface area contributed by atoms with Gasteiger partial charge < -0.3 is 0 Å². The van der Waals surface area contributed by atoms with Crippen molar-refractivity contribution in [2.45, 2.75) is 0 Å². The summed E-state index contributed by atoms with van der Waals surface area (Å²) < 4.78 is 18.3. The molecular weight excluding hydrogens is 1620 g/mol. The average Bonchev–Trinajstić information content (AvgIpc) is 1.54. The molecule has 16 heteroatoms. The van der Waals surface area contributed by atoms with Gasteiger partial charge in [0.2, 0.25) is 35.3 Å². The van der Waals surface area contributed by atoms with Gasteiger partial charge in [-0.2, -0.15) is 29.9 Å². The van der Waals surface area contributed by atoms with Crippen molar-refractivity contribution in [2.75, 3.05) is 0 Å². The van der Waals surface area contributed by atoms with Crippen LogP contribution in [0.3, 0.4) is 0 Å². The number of para-hydroxylation sites is 14. The van der Waals surface area contributed by atoms with Crippen molar-refractivity contribution in [3.63, 3.8) is 0 Å². The molecule has 0 aliphatic carbocycles. The molecule has 18 aromatic carbocycles. The highest BCUT2D eigenvalue weighted by atomic mass is 15.3. The van der Waals surface area contributed by atoms with Crippen LogP contribution < -0.4 is 0 Å². The molecule has 0 radical (unpaired) electrons. The highest BCUT2D eigenvalue weighted by Crippen LogP contribution is 2.48. The first kappa shape index (κ1) is 70.9. The zero-order valence-corrected chi connectivity index (χ0v) is 70.3. The van der Waals surface area contributed by atoms with Gasteiger partial charge >= 0.3 is 0 Å². The number of hydrogen-bond donors (Lipinski definition) is 0. The third-order valence-corrected chi connectivity index (χ3v) is 27.8. The van der Waals surface area contributed by atoms with Gasteiger partial charge in [0.25, 0.3) is 0 Å². The molecule has 132 heavy (non-hydrogen) atoms. The first-order chi connectivity index (χ1) is 65.5. The van der Waals surface area contributed by atoms with Crippen LogP contribution in [-0.2, 0) is 0 Å². The van der Waals surface area contributed by atoms with E-state index in [2.05, 4.69) is 436 Å². The fourth-order valence-electron chi connectivity index (χ4n) is 22.4.